The lowest BCUT2D eigenvalue weighted by Crippen LogP contribution is -2.38. The number of amides is 2. The van der Waals surface area contributed by atoms with Crippen molar-refractivity contribution in [3.05, 3.63) is 82.1 Å². The van der Waals surface area contributed by atoms with E-state index in [1.807, 2.05) is 55.1 Å². The van der Waals surface area contributed by atoms with Crippen LogP contribution in [-0.4, -0.2) is 47.4 Å². The summed E-state index contributed by atoms with van der Waals surface area (Å²) in [6, 6.07) is 13.2. The number of aliphatic imine (C=N–C) groups is 2. The molecule has 7 nitrogen and oxygen atoms in total. The molecule has 1 N–H and O–H groups in total. The van der Waals surface area contributed by atoms with Crippen molar-refractivity contribution in [2.24, 2.45) is 9.98 Å². The third-order valence-electron chi connectivity index (χ3n) is 6.83. The molecule has 0 aromatic heterocycles. The van der Waals surface area contributed by atoms with E-state index in [4.69, 9.17) is 5.26 Å². The minimum atomic E-state index is -0.624. The minimum Gasteiger partial charge on any atom is -0.339 e. The molecule has 1 saturated heterocycles. The zero-order valence-corrected chi connectivity index (χ0v) is 19.2. The minimum absolute atomic E-state index is 0.0123. The van der Waals surface area contributed by atoms with Gasteiger partial charge in [-0.05, 0) is 73.6 Å². The lowest BCUT2D eigenvalue weighted by molar-refractivity contribution is -0.120. The van der Waals surface area contributed by atoms with Gasteiger partial charge in [0.05, 0.1) is 17.3 Å². The zero-order valence-electron chi connectivity index (χ0n) is 19.2. The van der Waals surface area contributed by atoms with E-state index < -0.39 is 6.04 Å². The third-order valence-corrected chi connectivity index (χ3v) is 6.83. The molecule has 1 fully saturated rings. The standard InChI is InChI=1S/C27H25N5O2/c1-16-13-17(2)22(14-21(16)25-30-23-7-10-29-26(33)24(23)31-25)27(34)32-11-8-20(9-12-32)19-5-3-18(15-28)4-6-19/h3-7,10,13-14,20,24H,8-9,11-12H2,1-2H3,(H,29,33). The maximum absolute atomic E-state index is 13.5. The van der Waals surface area contributed by atoms with E-state index in [0.717, 1.165) is 29.5 Å². The Morgan fingerprint density at radius 2 is 1.85 bits per heavy atom. The lowest BCUT2D eigenvalue weighted by atomic mass is 9.88. The van der Waals surface area contributed by atoms with Gasteiger partial charge in [-0.2, -0.15) is 5.26 Å². The van der Waals surface area contributed by atoms with Crippen molar-refractivity contribution in [2.45, 2.75) is 38.6 Å². The number of carbonyl (C=O) groups is 2. The van der Waals surface area contributed by atoms with E-state index >= 15 is 0 Å². The van der Waals surface area contributed by atoms with Gasteiger partial charge >= 0.3 is 0 Å². The van der Waals surface area contributed by atoms with E-state index in [0.29, 0.717) is 41.7 Å². The Morgan fingerprint density at radius 3 is 2.53 bits per heavy atom. The van der Waals surface area contributed by atoms with Crippen molar-refractivity contribution in [3.8, 4) is 6.07 Å². The van der Waals surface area contributed by atoms with Gasteiger partial charge in [-0.1, -0.05) is 18.2 Å². The van der Waals surface area contributed by atoms with Gasteiger partial charge in [0.15, 0.2) is 11.9 Å². The Morgan fingerprint density at radius 1 is 1.12 bits per heavy atom. The summed E-state index contributed by atoms with van der Waals surface area (Å²) < 4.78 is 0. The van der Waals surface area contributed by atoms with Gasteiger partial charge in [0.1, 0.15) is 0 Å². The fourth-order valence-corrected chi connectivity index (χ4v) is 4.88. The summed E-state index contributed by atoms with van der Waals surface area (Å²) in [5, 5.41) is 11.7. The summed E-state index contributed by atoms with van der Waals surface area (Å²) in [7, 11) is 0. The van der Waals surface area contributed by atoms with Crippen molar-refractivity contribution in [2.75, 3.05) is 13.1 Å². The molecular formula is C27H25N5O2. The highest BCUT2D eigenvalue weighted by Gasteiger charge is 2.32. The molecule has 7 heteroatoms. The fraction of sp³-hybridized carbons (Fsp3) is 0.296. The topological polar surface area (TPSA) is 97.9 Å². The average molecular weight is 452 g/mol. The molecule has 1 unspecified atom stereocenters. The quantitative estimate of drug-likeness (QED) is 0.774. The molecule has 2 aromatic rings. The van der Waals surface area contributed by atoms with E-state index in [1.54, 1.807) is 12.3 Å². The molecule has 2 aromatic carbocycles. The van der Waals surface area contributed by atoms with Crippen molar-refractivity contribution in [1.29, 1.82) is 5.26 Å². The summed E-state index contributed by atoms with van der Waals surface area (Å²) in [5.74, 6) is 0.700. The molecule has 0 radical (unpaired) electrons. The number of aryl methyl sites for hydroxylation is 2. The second-order valence-corrected chi connectivity index (χ2v) is 9.02. The Labute approximate surface area is 198 Å². The Balaban J connectivity index is 1.34. The van der Waals surface area contributed by atoms with Gasteiger partial charge in [-0.25, -0.2) is 9.98 Å². The molecule has 1 atom stereocenters. The van der Waals surface area contributed by atoms with Gasteiger partial charge in [0, 0.05) is 30.4 Å². The number of hydrogen-bond donors (Lipinski definition) is 1. The number of nitriles is 1. The maximum Gasteiger partial charge on any atom is 0.255 e. The molecule has 3 heterocycles. The predicted octanol–water partition coefficient (Wildman–Crippen LogP) is 3.41. The van der Waals surface area contributed by atoms with Crippen LogP contribution in [0.4, 0.5) is 0 Å². The molecule has 3 aliphatic heterocycles. The largest absolute Gasteiger partial charge is 0.339 e. The average Bonchev–Trinajstić information content (AvgIpc) is 3.29. The van der Waals surface area contributed by atoms with Crippen LogP contribution < -0.4 is 5.32 Å². The number of piperidine rings is 1. The van der Waals surface area contributed by atoms with E-state index in [1.165, 1.54) is 5.56 Å². The Kier molecular flexibility index (Phi) is 5.58. The molecule has 0 bridgehead atoms. The van der Waals surface area contributed by atoms with E-state index in [9.17, 15) is 9.59 Å². The summed E-state index contributed by atoms with van der Waals surface area (Å²) in [6.07, 6.45) is 5.11. The number of carbonyl (C=O) groups excluding carboxylic acids is 2. The first-order valence-electron chi connectivity index (χ1n) is 11.5. The molecule has 0 aliphatic carbocycles. The fourth-order valence-electron chi connectivity index (χ4n) is 4.88. The number of nitrogens with zero attached hydrogens (tertiary/aromatic N) is 4. The SMILES string of the molecule is Cc1cc(C)c(C2=NC3C(=O)NC=CC3=N2)cc1C(=O)N1CCC(c2ccc(C#N)cc2)CC1. The molecule has 34 heavy (non-hydrogen) atoms. The van der Waals surface area contributed by atoms with Gasteiger partial charge in [0.25, 0.3) is 11.8 Å². The molecule has 3 aliphatic rings. The van der Waals surface area contributed by atoms with Crippen molar-refractivity contribution < 1.29 is 9.59 Å². The number of hydrogen-bond acceptors (Lipinski definition) is 5. The highest BCUT2D eigenvalue weighted by molar-refractivity contribution is 6.25. The van der Waals surface area contributed by atoms with Crippen LogP contribution in [0.1, 0.15) is 56.9 Å². The summed E-state index contributed by atoms with van der Waals surface area (Å²) in [6.45, 7) is 5.29. The van der Waals surface area contributed by atoms with Gasteiger partial charge in [-0.15, -0.1) is 0 Å². The van der Waals surface area contributed by atoms with Gasteiger partial charge in [-0.3, -0.25) is 9.59 Å². The molecule has 0 saturated carbocycles. The highest BCUT2D eigenvalue weighted by atomic mass is 16.2. The number of rotatable bonds is 3. The lowest BCUT2D eigenvalue weighted by Gasteiger charge is -2.32. The van der Waals surface area contributed by atoms with Crippen LogP contribution >= 0.6 is 0 Å². The van der Waals surface area contributed by atoms with E-state index in [-0.39, 0.29) is 11.8 Å². The molecule has 0 spiro atoms. The van der Waals surface area contributed by atoms with Crippen LogP contribution in [0, 0.1) is 25.2 Å². The summed E-state index contributed by atoms with van der Waals surface area (Å²) in [4.78, 5) is 36.6. The first-order valence-corrected chi connectivity index (χ1v) is 11.5. The zero-order chi connectivity index (χ0) is 23.8. The van der Waals surface area contributed by atoms with Crippen molar-refractivity contribution in [1.82, 2.24) is 10.2 Å². The van der Waals surface area contributed by atoms with Crippen LogP contribution in [0.5, 0.6) is 0 Å². The second kappa shape index (κ2) is 8.71. The highest BCUT2D eigenvalue weighted by Crippen LogP contribution is 2.30. The first kappa shape index (κ1) is 21.8. The van der Waals surface area contributed by atoms with Gasteiger partial charge < -0.3 is 10.2 Å². The Hall–Kier alpha value is -4.05. The maximum atomic E-state index is 13.5. The van der Waals surface area contributed by atoms with Crippen LogP contribution in [0.2, 0.25) is 0 Å². The smallest absolute Gasteiger partial charge is 0.255 e. The third kappa shape index (κ3) is 3.92. The number of amidine groups is 1. The predicted molar refractivity (Wildman–Crippen MR) is 130 cm³/mol. The van der Waals surface area contributed by atoms with Crippen LogP contribution in [0.25, 0.3) is 0 Å². The summed E-state index contributed by atoms with van der Waals surface area (Å²) in [5.41, 5.74) is 5.82. The molecule has 170 valence electrons. The van der Waals surface area contributed by atoms with Crippen LogP contribution in [0.3, 0.4) is 0 Å². The van der Waals surface area contributed by atoms with Crippen LogP contribution in [-0.2, 0) is 4.79 Å². The van der Waals surface area contributed by atoms with Crippen molar-refractivity contribution in [3.63, 3.8) is 0 Å². The van der Waals surface area contributed by atoms with Crippen molar-refractivity contribution >= 4 is 23.4 Å². The molecular weight excluding hydrogens is 426 g/mol. The molecule has 5 rings (SSSR count). The Bertz CT molecular complexity index is 1310. The second-order valence-electron chi connectivity index (χ2n) is 9.02. The number of fused-ring (bicyclic) bond motifs is 1. The molecule has 2 amide bonds. The van der Waals surface area contributed by atoms with E-state index in [2.05, 4.69) is 21.4 Å². The number of benzene rings is 2. The monoisotopic (exact) mass is 451 g/mol. The first-order chi connectivity index (χ1) is 16.4. The number of likely N-dealkylation sites (tertiary alicyclic amines) is 1. The normalized spacial score (nSPS) is 19.7. The van der Waals surface area contributed by atoms with Crippen LogP contribution in [0.15, 0.2) is 58.7 Å². The summed E-state index contributed by atoms with van der Waals surface area (Å²) >= 11 is 0. The van der Waals surface area contributed by atoms with Gasteiger partial charge in [0.2, 0.25) is 0 Å². The number of nitrogens with one attached hydrogen (secondary N) is 1.